The van der Waals surface area contributed by atoms with Gasteiger partial charge in [-0.05, 0) is 19.3 Å². The van der Waals surface area contributed by atoms with Crippen molar-refractivity contribution in [1.82, 2.24) is 25.4 Å². The molecule has 0 spiro atoms. The van der Waals surface area contributed by atoms with Gasteiger partial charge in [0.25, 0.3) is 5.91 Å². The van der Waals surface area contributed by atoms with Crippen LogP contribution in [0, 0.1) is 0 Å². The van der Waals surface area contributed by atoms with Crippen molar-refractivity contribution in [2.24, 2.45) is 5.73 Å². The van der Waals surface area contributed by atoms with Gasteiger partial charge in [0, 0.05) is 57.6 Å². The lowest BCUT2D eigenvalue weighted by Crippen LogP contribution is -2.45. The zero-order chi connectivity index (χ0) is 21.3. The van der Waals surface area contributed by atoms with Gasteiger partial charge in [-0.2, -0.15) is 13.8 Å². The maximum Gasteiger partial charge on any atom is 0.324 e. The summed E-state index contributed by atoms with van der Waals surface area (Å²) in [6, 6.07) is 0.140. The molecule has 1 atom stereocenters. The fourth-order valence-electron chi connectivity index (χ4n) is 3.58. The topological polar surface area (TPSA) is 126 Å². The van der Waals surface area contributed by atoms with Gasteiger partial charge in [-0.3, -0.25) is 4.79 Å². The fraction of sp³-hybridized carbons (Fsp3) is 0.611. The Morgan fingerprint density at radius 1 is 1.20 bits per heavy atom. The predicted octanol–water partition coefficient (Wildman–Crippen LogP) is 0.908. The van der Waals surface area contributed by atoms with Crippen molar-refractivity contribution >= 4 is 17.9 Å². The van der Waals surface area contributed by atoms with Crippen LogP contribution >= 0.6 is 0 Å². The molecule has 0 unspecified atom stereocenters. The van der Waals surface area contributed by atoms with E-state index in [0.717, 1.165) is 19.9 Å². The number of hydrogen-bond donors (Lipinski definition) is 2. The Balaban J connectivity index is 1.28. The maximum absolute atomic E-state index is 13.3. The Labute approximate surface area is 171 Å². The zero-order valence-corrected chi connectivity index (χ0v) is 16.6. The zero-order valence-electron chi connectivity index (χ0n) is 16.6. The van der Waals surface area contributed by atoms with E-state index in [1.54, 1.807) is 4.90 Å². The number of alkyl halides is 2. The summed E-state index contributed by atoms with van der Waals surface area (Å²) in [6.45, 7) is 3.25. The highest BCUT2D eigenvalue weighted by Crippen LogP contribution is 2.27. The van der Waals surface area contributed by atoms with Crippen LogP contribution in [0.5, 0.6) is 0 Å². The van der Waals surface area contributed by atoms with Crippen molar-refractivity contribution in [2.45, 2.75) is 44.2 Å². The molecule has 2 aromatic heterocycles. The number of amides is 1. The molecule has 162 valence electrons. The number of halogens is 2. The maximum atomic E-state index is 13.3. The molecule has 3 N–H and O–H groups in total. The number of nitrogens with zero attached hydrogens (tertiary/aromatic N) is 6. The number of rotatable bonds is 5. The van der Waals surface area contributed by atoms with Crippen LogP contribution < -0.4 is 20.9 Å². The summed E-state index contributed by atoms with van der Waals surface area (Å²) in [4.78, 5) is 28.6. The third-order valence-corrected chi connectivity index (χ3v) is 5.32. The van der Waals surface area contributed by atoms with Crippen LogP contribution in [0.3, 0.4) is 0 Å². The van der Waals surface area contributed by atoms with Crippen LogP contribution in [0.1, 0.15) is 42.4 Å². The Morgan fingerprint density at radius 3 is 2.43 bits per heavy atom. The molecule has 0 radical (unpaired) electrons. The first-order valence-electron chi connectivity index (χ1n) is 9.90. The normalized spacial score (nSPS) is 20.6. The minimum absolute atomic E-state index is 0.0555. The van der Waals surface area contributed by atoms with Gasteiger partial charge < -0.3 is 25.4 Å². The number of hydrogen-bond acceptors (Lipinski definition) is 9. The van der Waals surface area contributed by atoms with Crippen molar-refractivity contribution in [1.29, 1.82) is 0 Å². The van der Waals surface area contributed by atoms with Gasteiger partial charge in [-0.25, -0.2) is 9.97 Å². The molecule has 0 aromatic carbocycles. The third kappa shape index (κ3) is 4.48. The molecule has 4 heterocycles. The highest BCUT2D eigenvalue weighted by atomic mass is 19.3. The van der Waals surface area contributed by atoms with E-state index in [9.17, 15) is 13.6 Å². The van der Waals surface area contributed by atoms with Crippen molar-refractivity contribution in [3.63, 3.8) is 0 Å². The molecular weight excluding hydrogens is 398 g/mol. The van der Waals surface area contributed by atoms with Gasteiger partial charge in [0.05, 0.1) is 5.56 Å². The second-order valence-electron chi connectivity index (χ2n) is 7.79. The van der Waals surface area contributed by atoms with Crippen LogP contribution in [0.25, 0.3) is 0 Å². The van der Waals surface area contributed by atoms with Gasteiger partial charge in [-0.15, -0.1) is 0 Å². The minimum atomic E-state index is -3.15. The second-order valence-corrected chi connectivity index (χ2v) is 7.79. The van der Waals surface area contributed by atoms with Gasteiger partial charge in [0.2, 0.25) is 11.8 Å². The molecule has 2 aromatic rings. The molecular formula is C18H24F2N8O2. The molecule has 30 heavy (non-hydrogen) atoms. The Hall–Kier alpha value is -2.89. The Bertz CT molecular complexity index is 877. The van der Waals surface area contributed by atoms with E-state index in [2.05, 4.69) is 25.4 Å². The molecule has 2 fully saturated rings. The lowest BCUT2D eigenvalue weighted by molar-refractivity contribution is 0.00559. The van der Waals surface area contributed by atoms with E-state index in [4.69, 9.17) is 10.3 Å². The quantitative estimate of drug-likeness (QED) is 0.723. The van der Waals surface area contributed by atoms with Gasteiger partial charge in [0.15, 0.2) is 0 Å². The summed E-state index contributed by atoms with van der Waals surface area (Å²) < 4.78 is 31.5. The number of carbonyl (C=O) groups is 1. The lowest BCUT2D eigenvalue weighted by Gasteiger charge is -2.30. The number of anilines is 2. The van der Waals surface area contributed by atoms with Crippen molar-refractivity contribution in [3.8, 4) is 0 Å². The smallest absolute Gasteiger partial charge is 0.324 e. The Morgan fingerprint density at radius 2 is 1.87 bits per heavy atom. The molecule has 2 saturated heterocycles. The molecule has 0 bridgehead atoms. The van der Waals surface area contributed by atoms with Gasteiger partial charge >= 0.3 is 11.9 Å². The fourth-order valence-corrected chi connectivity index (χ4v) is 3.58. The van der Waals surface area contributed by atoms with Crippen LogP contribution in [0.15, 0.2) is 16.9 Å². The molecule has 10 nitrogen and oxygen atoms in total. The summed E-state index contributed by atoms with van der Waals surface area (Å²) in [5, 5.41) is 6.30. The monoisotopic (exact) mass is 422 g/mol. The standard InChI is InChI=1S/C18H24F2N8O2/c1-18(19,20)15-25-17(30-26-15)27-6-3-13(4-7-27)24-14(29)11-8-22-16(23-9-11)28-5-2-12(21)10-28/h8-9,12-13H,2-7,10,21H2,1H3,(H,24,29)/t12-/m1/s1. The first kappa shape index (κ1) is 20.4. The van der Waals surface area contributed by atoms with Crippen LogP contribution in [-0.2, 0) is 5.92 Å². The Kier molecular flexibility index (Phi) is 5.50. The molecule has 0 aliphatic carbocycles. The van der Waals surface area contributed by atoms with Gasteiger partial charge in [0.1, 0.15) is 0 Å². The third-order valence-electron chi connectivity index (χ3n) is 5.32. The van der Waals surface area contributed by atoms with Crippen LogP contribution in [0.4, 0.5) is 20.7 Å². The van der Waals surface area contributed by atoms with E-state index in [-0.39, 0.29) is 24.0 Å². The molecule has 2 aliphatic rings. The van der Waals surface area contributed by atoms with Crippen LogP contribution in [-0.4, -0.2) is 64.3 Å². The lowest BCUT2D eigenvalue weighted by atomic mass is 10.1. The summed E-state index contributed by atoms with van der Waals surface area (Å²) >= 11 is 0. The summed E-state index contributed by atoms with van der Waals surface area (Å²) in [6.07, 6.45) is 5.17. The van der Waals surface area contributed by atoms with Gasteiger partial charge in [-0.1, -0.05) is 5.16 Å². The molecule has 12 heteroatoms. The minimum Gasteiger partial charge on any atom is -0.349 e. The number of carbonyl (C=O) groups excluding carboxylic acids is 1. The first-order valence-corrected chi connectivity index (χ1v) is 9.90. The molecule has 2 aliphatic heterocycles. The van der Waals surface area contributed by atoms with E-state index in [1.165, 1.54) is 12.4 Å². The number of piperidine rings is 1. The van der Waals surface area contributed by atoms with E-state index in [0.29, 0.717) is 44.0 Å². The summed E-state index contributed by atoms with van der Waals surface area (Å²) in [5.74, 6) is -3.45. The predicted molar refractivity (Wildman–Crippen MR) is 103 cm³/mol. The largest absolute Gasteiger partial charge is 0.349 e. The van der Waals surface area contributed by atoms with Crippen molar-refractivity contribution in [2.75, 3.05) is 36.0 Å². The highest BCUT2D eigenvalue weighted by Gasteiger charge is 2.33. The van der Waals surface area contributed by atoms with E-state index >= 15 is 0 Å². The molecule has 4 rings (SSSR count). The average molecular weight is 422 g/mol. The van der Waals surface area contributed by atoms with E-state index < -0.39 is 11.7 Å². The first-order chi connectivity index (χ1) is 14.3. The van der Waals surface area contributed by atoms with Crippen molar-refractivity contribution < 1.29 is 18.1 Å². The van der Waals surface area contributed by atoms with Crippen LogP contribution in [0.2, 0.25) is 0 Å². The van der Waals surface area contributed by atoms with Crippen molar-refractivity contribution in [3.05, 3.63) is 23.8 Å². The molecule has 1 amide bonds. The SMILES string of the molecule is CC(F)(F)c1noc(N2CCC(NC(=O)c3cnc(N4CC[C@@H](N)C4)nc3)CC2)n1. The van der Waals surface area contributed by atoms with E-state index in [1.807, 2.05) is 4.90 Å². The average Bonchev–Trinajstić information content (AvgIpc) is 3.38. The number of nitrogens with one attached hydrogen (secondary N) is 1. The summed E-state index contributed by atoms with van der Waals surface area (Å²) in [7, 11) is 0. The summed E-state index contributed by atoms with van der Waals surface area (Å²) in [5.41, 5.74) is 6.29. The molecule has 0 saturated carbocycles. The number of aromatic nitrogens is 4. The highest BCUT2D eigenvalue weighted by molar-refractivity contribution is 5.93. The second kappa shape index (κ2) is 8.09. The number of nitrogens with two attached hydrogens (primary N) is 1.